The molecule has 102 valence electrons. The van der Waals surface area contributed by atoms with Gasteiger partial charge in [-0.2, -0.15) is 0 Å². The molecule has 1 saturated heterocycles. The van der Waals surface area contributed by atoms with E-state index in [9.17, 15) is 4.79 Å². The van der Waals surface area contributed by atoms with Gasteiger partial charge in [0.1, 0.15) is 5.75 Å². The molecule has 0 aromatic heterocycles. The molecule has 3 unspecified atom stereocenters. The number of methoxy groups -OCH3 is 1. The number of nitrogens with zero attached hydrogens (tertiary/aromatic N) is 1. The van der Waals surface area contributed by atoms with Crippen LogP contribution in [0.15, 0.2) is 24.3 Å². The van der Waals surface area contributed by atoms with Crippen molar-refractivity contribution in [3.63, 3.8) is 0 Å². The summed E-state index contributed by atoms with van der Waals surface area (Å²) >= 11 is 0. The second kappa shape index (κ2) is 4.87. The van der Waals surface area contributed by atoms with Crippen LogP contribution >= 0.6 is 0 Å². The van der Waals surface area contributed by atoms with Gasteiger partial charge in [-0.3, -0.25) is 4.79 Å². The molecule has 3 atom stereocenters. The number of hydrogen-bond acceptors (Lipinski definition) is 2. The van der Waals surface area contributed by atoms with Crippen molar-refractivity contribution in [1.82, 2.24) is 4.90 Å². The van der Waals surface area contributed by atoms with Crippen molar-refractivity contribution in [2.75, 3.05) is 13.7 Å². The summed E-state index contributed by atoms with van der Waals surface area (Å²) in [6, 6.07) is 8.37. The number of rotatable bonds is 3. The molecule has 0 bridgehead atoms. The molecule has 1 amide bonds. The Morgan fingerprint density at radius 2 is 2.21 bits per heavy atom. The Labute approximate surface area is 114 Å². The molecule has 3 heteroatoms. The van der Waals surface area contributed by atoms with Crippen molar-refractivity contribution < 1.29 is 9.53 Å². The van der Waals surface area contributed by atoms with Gasteiger partial charge in [-0.15, -0.1) is 0 Å². The van der Waals surface area contributed by atoms with Crippen LogP contribution in [0.25, 0.3) is 0 Å². The molecule has 1 heterocycles. The molecule has 1 aromatic carbocycles. The quantitative estimate of drug-likeness (QED) is 0.835. The molecular weight excluding hydrogens is 238 g/mol. The lowest BCUT2D eigenvalue weighted by molar-refractivity contribution is -0.133. The third-order valence-electron chi connectivity index (χ3n) is 4.44. The minimum Gasteiger partial charge on any atom is -0.497 e. The van der Waals surface area contributed by atoms with E-state index in [0.29, 0.717) is 11.8 Å². The topological polar surface area (TPSA) is 29.5 Å². The van der Waals surface area contributed by atoms with Gasteiger partial charge in [-0.05, 0) is 42.9 Å². The van der Waals surface area contributed by atoms with E-state index in [1.807, 2.05) is 12.1 Å². The van der Waals surface area contributed by atoms with Gasteiger partial charge in [-0.1, -0.05) is 19.1 Å². The first kappa shape index (κ1) is 12.5. The van der Waals surface area contributed by atoms with Gasteiger partial charge < -0.3 is 9.64 Å². The van der Waals surface area contributed by atoms with Crippen LogP contribution in [0.2, 0.25) is 0 Å². The van der Waals surface area contributed by atoms with Crippen molar-refractivity contribution >= 4 is 5.91 Å². The number of carbonyl (C=O) groups excluding carboxylic acids is 1. The van der Waals surface area contributed by atoms with Gasteiger partial charge in [0.05, 0.1) is 13.2 Å². The Balaban J connectivity index is 1.80. The van der Waals surface area contributed by atoms with Crippen molar-refractivity contribution in [3.05, 3.63) is 29.8 Å². The van der Waals surface area contributed by atoms with Crippen LogP contribution in [0.4, 0.5) is 0 Å². The maximum Gasteiger partial charge on any atom is 0.226 e. The lowest BCUT2D eigenvalue weighted by atomic mass is 10.0. The standard InChI is InChI=1S/C16H21NO2/c1-11-9-14(11)16(18)17-8-4-7-15(17)12-5-3-6-13(10-12)19-2/h3,5-6,10-11,14-15H,4,7-9H2,1-2H3. The Morgan fingerprint density at radius 1 is 1.42 bits per heavy atom. The Hall–Kier alpha value is -1.51. The van der Waals surface area contributed by atoms with Gasteiger partial charge >= 0.3 is 0 Å². The average Bonchev–Trinajstić information content (AvgIpc) is 2.98. The summed E-state index contributed by atoms with van der Waals surface area (Å²) in [7, 11) is 1.68. The summed E-state index contributed by atoms with van der Waals surface area (Å²) in [5, 5.41) is 0. The van der Waals surface area contributed by atoms with Crippen molar-refractivity contribution in [3.8, 4) is 5.75 Å². The first-order valence-corrected chi connectivity index (χ1v) is 7.15. The second-order valence-electron chi connectivity index (χ2n) is 5.79. The Kier molecular flexibility index (Phi) is 3.21. The lowest BCUT2D eigenvalue weighted by Crippen LogP contribution is -2.32. The summed E-state index contributed by atoms with van der Waals surface area (Å²) in [6.07, 6.45) is 3.24. The van der Waals surface area contributed by atoms with E-state index in [-0.39, 0.29) is 12.0 Å². The first-order chi connectivity index (χ1) is 9.20. The minimum atomic E-state index is 0.246. The van der Waals surface area contributed by atoms with Crippen LogP contribution in [-0.2, 0) is 4.79 Å². The highest BCUT2D eigenvalue weighted by molar-refractivity contribution is 5.82. The van der Waals surface area contributed by atoms with Crippen LogP contribution in [0.5, 0.6) is 5.75 Å². The predicted molar refractivity (Wildman–Crippen MR) is 74.0 cm³/mol. The highest BCUT2D eigenvalue weighted by Crippen LogP contribution is 2.43. The number of likely N-dealkylation sites (tertiary alicyclic amines) is 1. The van der Waals surface area contributed by atoms with Gasteiger partial charge in [0, 0.05) is 12.5 Å². The van der Waals surface area contributed by atoms with Crippen molar-refractivity contribution in [2.45, 2.75) is 32.2 Å². The minimum absolute atomic E-state index is 0.246. The van der Waals surface area contributed by atoms with E-state index >= 15 is 0 Å². The van der Waals surface area contributed by atoms with Gasteiger partial charge in [-0.25, -0.2) is 0 Å². The molecular formula is C16H21NO2. The van der Waals surface area contributed by atoms with E-state index in [4.69, 9.17) is 4.74 Å². The van der Waals surface area contributed by atoms with E-state index < -0.39 is 0 Å². The van der Waals surface area contributed by atoms with Crippen LogP contribution < -0.4 is 4.74 Å². The highest BCUT2D eigenvalue weighted by Gasteiger charge is 2.44. The summed E-state index contributed by atoms with van der Waals surface area (Å²) in [5.74, 6) is 2.10. The van der Waals surface area contributed by atoms with Gasteiger partial charge in [0.15, 0.2) is 0 Å². The zero-order valence-electron chi connectivity index (χ0n) is 11.6. The van der Waals surface area contributed by atoms with E-state index in [1.165, 1.54) is 5.56 Å². The monoisotopic (exact) mass is 259 g/mol. The molecule has 1 aliphatic heterocycles. The number of hydrogen-bond donors (Lipinski definition) is 0. The Bertz CT molecular complexity index is 485. The predicted octanol–water partition coefficient (Wildman–Crippen LogP) is 3.01. The molecule has 19 heavy (non-hydrogen) atoms. The zero-order valence-corrected chi connectivity index (χ0v) is 11.6. The molecule has 0 radical (unpaired) electrons. The smallest absolute Gasteiger partial charge is 0.226 e. The molecule has 0 N–H and O–H groups in total. The second-order valence-corrected chi connectivity index (χ2v) is 5.79. The third-order valence-corrected chi connectivity index (χ3v) is 4.44. The summed E-state index contributed by atoms with van der Waals surface area (Å²) < 4.78 is 5.28. The maximum atomic E-state index is 12.5. The molecule has 2 aliphatic rings. The third kappa shape index (κ3) is 2.34. The molecule has 0 spiro atoms. The van der Waals surface area contributed by atoms with Crippen molar-refractivity contribution in [1.29, 1.82) is 0 Å². The maximum absolute atomic E-state index is 12.5. The zero-order chi connectivity index (χ0) is 13.4. The molecule has 3 rings (SSSR count). The SMILES string of the molecule is COc1cccc(C2CCCN2C(=O)C2CC2C)c1. The molecule has 1 saturated carbocycles. The van der Waals surface area contributed by atoms with Crippen LogP contribution in [0.1, 0.15) is 37.8 Å². The first-order valence-electron chi connectivity index (χ1n) is 7.15. The van der Waals surface area contributed by atoms with Crippen LogP contribution in [0, 0.1) is 11.8 Å². The van der Waals surface area contributed by atoms with E-state index in [1.54, 1.807) is 7.11 Å². The largest absolute Gasteiger partial charge is 0.497 e. The van der Waals surface area contributed by atoms with Crippen LogP contribution in [-0.4, -0.2) is 24.5 Å². The number of carbonyl (C=O) groups is 1. The van der Waals surface area contributed by atoms with Crippen LogP contribution in [0.3, 0.4) is 0 Å². The fourth-order valence-electron chi connectivity index (χ4n) is 3.11. The lowest BCUT2D eigenvalue weighted by Gasteiger charge is -2.25. The normalized spacial score (nSPS) is 29.4. The number of ether oxygens (including phenoxy) is 1. The molecule has 3 nitrogen and oxygen atoms in total. The number of benzene rings is 1. The van der Waals surface area contributed by atoms with E-state index in [0.717, 1.165) is 31.6 Å². The highest BCUT2D eigenvalue weighted by atomic mass is 16.5. The molecule has 1 aromatic rings. The molecule has 1 aliphatic carbocycles. The fourth-order valence-corrected chi connectivity index (χ4v) is 3.11. The average molecular weight is 259 g/mol. The fraction of sp³-hybridized carbons (Fsp3) is 0.562. The van der Waals surface area contributed by atoms with Gasteiger partial charge in [0.2, 0.25) is 5.91 Å². The summed E-state index contributed by atoms with van der Waals surface area (Å²) in [5.41, 5.74) is 1.21. The molecule has 2 fully saturated rings. The summed E-state index contributed by atoms with van der Waals surface area (Å²) in [6.45, 7) is 3.07. The Morgan fingerprint density at radius 3 is 2.89 bits per heavy atom. The van der Waals surface area contributed by atoms with E-state index in [2.05, 4.69) is 24.0 Å². The number of amides is 1. The summed E-state index contributed by atoms with van der Waals surface area (Å²) in [4.78, 5) is 14.5. The van der Waals surface area contributed by atoms with Crippen molar-refractivity contribution in [2.24, 2.45) is 11.8 Å². The van der Waals surface area contributed by atoms with Gasteiger partial charge in [0.25, 0.3) is 0 Å².